The van der Waals surface area contributed by atoms with Gasteiger partial charge in [-0.25, -0.2) is 0 Å². The van der Waals surface area contributed by atoms with Gasteiger partial charge in [0.05, 0.1) is 13.2 Å². The molecular formula is C15H16ClNO2. The lowest BCUT2D eigenvalue weighted by atomic mass is 10.1. The molecule has 0 amide bonds. The molecule has 0 saturated heterocycles. The van der Waals surface area contributed by atoms with Crippen LogP contribution in [0.1, 0.15) is 11.6 Å². The van der Waals surface area contributed by atoms with Crippen molar-refractivity contribution in [3.8, 4) is 11.5 Å². The average molecular weight is 278 g/mol. The van der Waals surface area contributed by atoms with Gasteiger partial charge in [0.2, 0.25) is 0 Å². The molecule has 0 aliphatic rings. The Labute approximate surface area is 117 Å². The van der Waals surface area contributed by atoms with Crippen molar-refractivity contribution in [2.75, 3.05) is 13.7 Å². The third-order valence-electron chi connectivity index (χ3n) is 2.75. The fraction of sp³-hybridized carbons (Fsp3) is 0.200. The van der Waals surface area contributed by atoms with Gasteiger partial charge in [-0.15, -0.1) is 0 Å². The zero-order valence-electron chi connectivity index (χ0n) is 10.7. The van der Waals surface area contributed by atoms with Crippen LogP contribution in [0.4, 0.5) is 0 Å². The molecule has 2 aromatic rings. The van der Waals surface area contributed by atoms with Crippen molar-refractivity contribution in [1.82, 2.24) is 0 Å². The second-order valence-corrected chi connectivity index (χ2v) is 4.59. The Hall–Kier alpha value is -1.71. The van der Waals surface area contributed by atoms with Crippen LogP contribution < -0.4 is 15.2 Å². The lowest BCUT2D eigenvalue weighted by molar-refractivity contribution is 0.289. The molecule has 1 unspecified atom stereocenters. The number of benzene rings is 2. The van der Waals surface area contributed by atoms with Crippen LogP contribution in [0.3, 0.4) is 0 Å². The molecule has 0 radical (unpaired) electrons. The third-order valence-corrected chi connectivity index (χ3v) is 2.98. The largest absolute Gasteiger partial charge is 0.497 e. The molecule has 0 aliphatic heterocycles. The maximum absolute atomic E-state index is 6.07. The summed E-state index contributed by atoms with van der Waals surface area (Å²) in [7, 11) is 1.62. The molecule has 100 valence electrons. The Kier molecular flexibility index (Phi) is 4.66. The first kappa shape index (κ1) is 13.7. The van der Waals surface area contributed by atoms with Crippen LogP contribution >= 0.6 is 11.6 Å². The van der Waals surface area contributed by atoms with E-state index in [0.29, 0.717) is 11.6 Å². The smallest absolute Gasteiger partial charge is 0.123 e. The van der Waals surface area contributed by atoms with Gasteiger partial charge < -0.3 is 15.2 Å². The van der Waals surface area contributed by atoms with Crippen LogP contribution in [0.5, 0.6) is 11.5 Å². The summed E-state index contributed by atoms with van der Waals surface area (Å²) < 4.78 is 10.8. The van der Waals surface area contributed by atoms with E-state index < -0.39 is 0 Å². The third kappa shape index (κ3) is 3.88. The predicted molar refractivity (Wildman–Crippen MR) is 76.9 cm³/mol. The molecule has 19 heavy (non-hydrogen) atoms. The Morgan fingerprint density at radius 3 is 2.58 bits per heavy atom. The highest BCUT2D eigenvalue weighted by atomic mass is 35.5. The van der Waals surface area contributed by atoms with Crippen molar-refractivity contribution in [1.29, 1.82) is 0 Å². The Morgan fingerprint density at radius 1 is 1.11 bits per heavy atom. The van der Waals surface area contributed by atoms with E-state index in [9.17, 15) is 0 Å². The normalized spacial score (nSPS) is 11.9. The molecule has 0 saturated carbocycles. The van der Waals surface area contributed by atoms with Crippen LogP contribution in [-0.4, -0.2) is 13.7 Å². The van der Waals surface area contributed by atoms with Crippen LogP contribution in [0, 0.1) is 0 Å². The molecule has 1 atom stereocenters. The Morgan fingerprint density at radius 2 is 1.84 bits per heavy atom. The zero-order chi connectivity index (χ0) is 13.7. The number of halogens is 1. The lowest BCUT2D eigenvalue weighted by Gasteiger charge is -2.14. The highest BCUT2D eigenvalue weighted by Crippen LogP contribution is 2.21. The summed E-state index contributed by atoms with van der Waals surface area (Å²) >= 11 is 5.93. The van der Waals surface area contributed by atoms with Crippen molar-refractivity contribution in [3.63, 3.8) is 0 Å². The van der Waals surface area contributed by atoms with Gasteiger partial charge in [0.15, 0.2) is 0 Å². The maximum Gasteiger partial charge on any atom is 0.123 e. The lowest BCUT2D eigenvalue weighted by Crippen LogP contribution is -2.18. The summed E-state index contributed by atoms with van der Waals surface area (Å²) in [6, 6.07) is 14.7. The van der Waals surface area contributed by atoms with Gasteiger partial charge in [0.25, 0.3) is 0 Å². The van der Waals surface area contributed by atoms with Crippen molar-refractivity contribution >= 4 is 11.6 Å². The molecule has 2 rings (SSSR count). The highest BCUT2D eigenvalue weighted by molar-refractivity contribution is 6.30. The monoisotopic (exact) mass is 277 g/mol. The number of hydrogen-bond acceptors (Lipinski definition) is 3. The molecule has 0 heterocycles. The number of rotatable bonds is 5. The molecule has 0 fully saturated rings. The van der Waals surface area contributed by atoms with E-state index in [1.807, 2.05) is 48.5 Å². The second-order valence-electron chi connectivity index (χ2n) is 4.15. The zero-order valence-corrected chi connectivity index (χ0v) is 11.4. The number of ether oxygens (including phenoxy) is 2. The summed E-state index contributed by atoms with van der Waals surface area (Å²) in [4.78, 5) is 0. The fourth-order valence-corrected chi connectivity index (χ4v) is 1.91. The average Bonchev–Trinajstić information content (AvgIpc) is 2.45. The fourth-order valence-electron chi connectivity index (χ4n) is 1.71. The van der Waals surface area contributed by atoms with E-state index >= 15 is 0 Å². The SMILES string of the molecule is COc1cccc(OCC(N)c2cccc(Cl)c2)c1. The molecule has 2 N–H and O–H groups in total. The molecule has 2 aromatic carbocycles. The summed E-state index contributed by atoms with van der Waals surface area (Å²) in [5, 5.41) is 0.675. The van der Waals surface area contributed by atoms with Gasteiger partial charge in [0, 0.05) is 11.1 Å². The van der Waals surface area contributed by atoms with Crippen LogP contribution in [0.25, 0.3) is 0 Å². The standard InChI is InChI=1S/C15H16ClNO2/c1-18-13-6-3-7-14(9-13)19-10-15(17)11-4-2-5-12(16)8-11/h2-9,15H,10,17H2,1H3. The summed E-state index contributed by atoms with van der Waals surface area (Å²) in [5.74, 6) is 1.49. The summed E-state index contributed by atoms with van der Waals surface area (Å²) in [6.07, 6.45) is 0. The minimum Gasteiger partial charge on any atom is -0.497 e. The molecule has 0 bridgehead atoms. The van der Waals surface area contributed by atoms with Gasteiger partial charge in [-0.05, 0) is 29.8 Å². The van der Waals surface area contributed by atoms with Gasteiger partial charge in [-0.3, -0.25) is 0 Å². The topological polar surface area (TPSA) is 44.5 Å². The molecule has 0 aromatic heterocycles. The quantitative estimate of drug-likeness (QED) is 0.911. The van der Waals surface area contributed by atoms with E-state index in [2.05, 4.69) is 0 Å². The highest BCUT2D eigenvalue weighted by Gasteiger charge is 2.07. The molecule has 0 aliphatic carbocycles. The Balaban J connectivity index is 1.98. The second kappa shape index (κ2) is 6.45. The first-order valence-electron chi connectivity index (χ1n) is 5.97. The first-order valence-corrected chi connectivity index (χ1v) is 6.35. The van der Waals surface area contributed by atoms with Crippen LogP contribution in [0.15, 0.2) is 48.5 Å². The minimum absolute atomic E-state index is 0.218. The van der Waals surface area contributed by atoms with Gasteiger partial charge in [-0.1, -0.05) is 29.8 Å². The van der Waals surface area contributed by atoms with Crippen molar-refractivity contribution in [2.45, 2.75) is 6.04 Å². The maximum atomic E-state index is 6.07. The van der Waals surface area contributed by atoms with Crippen molar-refractivity contribution < 1.29 is 9.47 Å². The van der Waals surface area contributed by atoms with E-state index in [1.54, 1.807) is 7.11 Å². The summed E-state index contributed by atoms with van der Waals surface area (Å²) in [6.45, 7) is 0.382. The van der Waals surface area contributed by atoms with Crippen molar-refractivity contribution in [2.24, 2.45) is 5.73 Å². The molecule has 3 nitrogen and oxygen atoms in total. The number of methoxy groups -OCH3 is 1. The number of hydrogen-bond donors (Lipinski definition) is 1. The van der Waals surface area contributed by atoms with Gasteiger partial charge in [0.1, 0.15) is 18.1 Å². The minimum atomic E-state index is -0.218. The van der Waals surface area contributed by atoms with E-state index in [0.717, 1.165) is 17.1 Å². The van der Waals surface area contributed by atoms with E-state index in [-0.39, 0.29) is 6.04 Å². The van der Waals surface area contributed by atoms with E-state index in [1.165, 1.54) is 0 Å². The van der Waals surface area contributed by atoms with Gasteiger partial charge in [-0.2, -0.15) is 0 Å². The van der Waals surface area contributed by atoms with Crippen molar-refractivity contribution in [3.05, 3.63) is 59.1 Å². The summed E-state index contributed by atoms with van der Waals surface area (Å²) in [5.41, 5.74) is 7.02. The van der Waals surface area contributed by atoms with Crippen LogP contribution in [-0.2, 0) is 0 Å². The molecule has 4 heteroatoms. The van der Waals surface area contributed by atoms with E-state index in [4.69, 9.17) is 26.8 Å². The predicted octanol–water partition coefficient (Wildman–Crippen LogP) is 3.43. The molecular weight excluding hydrogens is 262 g/mol. The number of nitrogens with two attached hydrogens (primary N) is 1. The van der Waals surface area contributed by atoms with Gasteiger partial charge >= 0.3 is 0 Å². The van der Waals surface area contributed by atoms with Crippen LogP contribution in [0.2, 0.25) is 5.02 Å². The first-order chi connectivity index (χ1) is 9.19. The Bertz CT molecular complexity index is 545. The molecule has 0 spiro atoms.